The molecule has 1 fully saturated rings. The lowest BCUT2D eigenvalue weighted by Gasteiger charge is -2.19. The molecule has 1 aliphatic rings. The van der Waals surface area contributed by atoms with Gasteiger partial charge in [-0.3, -0.25) is 4.79 Å². The standard InChI is InChI=1S/C20H34O6/c21-13-7-3-4-8-15(22)11-12-17-16(18(23)14-19(17)24)9-5-1-2-6-10-20(25)26/h1,5,11-12,15-19,21-24H,2-4,6-10,13-14H2,(H,25,26). The van der Waals surface area contributed by atoms with E-state index in [1.54, 1.807) is 6.08 Å². The fraction of sp³-hybridized carbons (Fsp3) is 0.750. The van der Waals surface area contributed by atoms with Crippen molar-refractivity contribution >= 4 is 5.97 Å². The highest BCUT2D eigenvalue weighted by molar-refractivity contribution is 5.66. The van der Waals surface area contributed by atoms with Crippen molar-refractivity contribution in [3.63, 3.8) is 0 Å². The van der Waals surface area contributed by atoms with Gasteiger partial charge in [-0.1, -0.05) is 37.1 Å². The first kappa shape index (κ1) is 22.8. The molecular weight excluding hydrogens is 336 g/mol. The average molecular weight is 370 g/mol. The molecule has 0 spiro atoms. The molecule has 5 unspecified atom stereocenters. The summed E-state index contributed by atoms with van der Waals surface area (Å²) in [5, 5.41) is 47.7. The number of carboxylic acids is 1. The summed E-state index contributed by atoms with van der Waals surface area (Å²) in [5.74, 6) is -1.09. The summed E-state index contributed by atoms with van der Waals surface area (Å²) in [6, 6.07) is 0. The third kappa shape index (κ3) is 8.94. The first-order chi connectivity index (χ1) is 12.5. The predicted molar refractivity (Wildman–Crippen MR) is 99.6 cm³/mol. The van der Waals surface area contributed by atoms with Crippen LogP contribution >= 0.6 is 0 Å². The van der Waals surface area contributed by atoms with Crippen LogP contribution in [0, 0.1) is 11.8 Å². The van der Waals surface area contributed by atoms with Gasteiger partial charge in [-0.2, -0.15) is 0 Å². The minimum Gasteiger partial charge on any atom is -0.481 e. The molecule has 6 nitrogen and oxygen atoms in total. The number of aliphatic carboxylic acids is 1. The van der Waals surface area contributed by atoms with Gasteiger partial charge < -0.3 is 25.5 Å². The van der Waals surface area contributed by atoms with Crippen LogP contribution in [0.2, 0.25) is 0 Å². The largest absolute Gasteiger partial charge is 0.481 e. The minimum absolute atomic E-state index is 0.0986. The number of aliphatic hydroxyl groups is 4. The molecule has 1 aliphatic carbocycles. The smallest absolute Gasteiger partial charge is 0.303 e. The molecule has 26 heavy (non-hydrogen) atoms. The molecule has 0 heterocycles. The number of hydrogen-bond acceptors (Lipinski definition) is 5. The molecule has 0 aliphatic heterocycles. The molecule has 0 amide bonds. The van der Waals surface area contributed by atoms with Gasteiger partial charge >= 0.3 is 5.97 Å². The number of carbonyl (C=O) groups is 1. The van der Waals surface area contributed by atoms with Crippen molar-refractivity contribution in [2.24, 2.45) is 11.8 Å². The monoisotopic (exact) mass is 370 g/mol. The highest BCUT2D eigenvalue weighted by Crippen LogP contribution is 2.36. The summed E-state index contributed by atoms with van der Waals surface area (Å²) < 4.78 is 0. The van der Waals surface area contributed by atoms with Crippen LogP contribution < -0.4 is 0 Å². The first-order valence-corrected chi connectivity index (χ1v) is 9.65. The van der Waals surface area contributed by atoms with Gasteiger partial charge in [-0.15, -0.1) is 0 Å². The van der Waals surface area contributed by atoms with E-state index in [-0.39, 0.29) is 24.9 Å². The van der Waals surface area contributed by atoms with Gasteiger partial charge in [0.2, 0.25) is 0 Å². The van der Waals surface area contributed by atoms with Crippen LogP contribution in [-0.2, 0) is 4.79 Å². The summed E-state index contributed by atoms with van der Waals surface area (Å²) in [7, 11) is 0. The highest BCUT2D eigenvalue weighted by atomic mass is 16.4. The van der Waals surface area contributed by atoms with E-state index < -0.39 is 24.3 Å². The van der Waals surface area contributed by atoms with E-state index >= 15 is 0 Å². The van der Waals surface area contributed by atoms with Gasteiger partial charge in [0.25, 0.3) is 0 Å². The van der Waals surface area contributed by atoms with Crippen LogP contribution in [0.15, 0.2) is 24.3 Å². The molecule has 5 atom stereocenters. The molecule has 0 aromatic carbocycles. The Morgan fingerprint density at radius 2 is 1.85 bits per heavy atom. The van der Waals surface area contributed by atoms with E-state index in [0.29, 0.717) is 32.1 Å². The lowest BCUT2D eigenvalue weighted by atomic mass is 9.89. The Morgan fingerprint density at radius 1 is 1.08 bits per heavy atom. The van der Waals surface area contributed by atoms with E-state index in [2.05, 4.69) is 0 Å². The number of aliphatic hydroxyl groups excluding tert-OH is 4. The number of hydrogen-bond donors (Lipinski definition) is 5. The lowest BCUT2D eigenvalue weighted by Crippen LogP contribution is -2.20. The Hall–Kier alpha value is -1.21. The fourth-order valence-electron chi connectivity index (χ4n) is 3.44. The molecule has 0 aromatic heterocycles. The molecule has 6 heteroatoms. The molecular formula is C20H34O6. The van der Waals surface area contributed by atoms with Gasteiger partial charge in [0.15, 0.2) is 0 Å². The summed E-state index contributed by atoms with van der Waals surface area (Å²) >= 11 is 0. The van der Waals surface area contributed by atoms with Crippen LogP contribution in [0.25, 0.3) is 0 Å². The molecule has 1 saturated carbocycles. The zero-order valence-electron chi connectivity index (χ0n) is 15.4. The van der Waals surface area contributed by atoms with Crippen molar-refractivity contribution < 1.29 is 30.3 Å². The maximum Gasteiger partial charge on any atom is 0.303 e. The third-order valence-corrected chi connectivity index (χ3v) is 4.97. The van der Waals surface area contributed by atoms with Gasteiger partial charge in [-0.25, -0.2) is 0 Å². The maximum atomic E-state index is 10.5. The molecule has 150 valence electrons. The Kier molecular flexibility index (Phi) is 11.4. The van der Waals surface area contributed by atoms with Crippen molar-refractivity contribution in [1.29, 1.82) is 0 Å². The summed E-state index contributed by atoms with van der Waals surface area (Å²) in [6.45, 7) is 0.170. The topological polar surface area (TPSA) is 118 Å². The Balaban J connectivity index is 2.44. The highest BCUT2D eigenvalue weighted by Gasteiger charge is 2.39. The van der Waals surface area contributed by atoms with Crippen LogP contribution in [0.4, 0.5) is 0 Å². The van der Waals surface area contributed by atoms with E-state index in [1.165, 1.54) is 0 Å². The van der Waals surface area contributed by atoms with Crippen molar-refractivity contribution in [3.8, 4) is 0 Å². The number of unbranched alkanes of at least 4 members (excludes halogenated alkanes) is 3. The summed E-state index contributed by atoms with van der Waals surface area (Å²) in [6.07, 6.45) is 11.1. The second-order valence-corrected chi connectivity index (χ2v) is 7.13. The molecule has 0 aromatic rings. The van der Waals surface area contributed by atoms with Gasteiger partial charge in [0.1, 0.15) is 0 Å². The predicted octanol–water partition coefficient (Wildman–Crippen LogP) is 2.02. The molecule has 5 N–H and O–H groups in total. The van der Waals surface area contributed by atoms with E-state index in [1.807, 2.05) is 18.2 Å². The maximum absolute atomic E-state index is 10.5. The molecule has 0 saturated heterocycles. The number of allylic oxidation sites excluding steroid dienone is 2. The third-order valence-electron chi connectivity index (χ3n) is 4.97. The van der Waals surface area contributed by atoms with Crippen molar-refractivity contribution in [2.45, 2.75) is 76.1 Å². The Bertz CT molecular complexity index is 448. The first-order valence-electron chi connectivity index (χ1n) is 9.65. The molecule has 0 bridgehead atoms. The number of rotatable bonds is 13. The minimum atomic E-state index is -0.798. The zero-order valence-corrected chi connectivity index (χ0v) is 15.4. The normalized spacial score (nSPS) is 27.5. The van der Waals surface area contributed by atoms with Crippen molar-refractivity contribution in [2.75, 3.05) is 6.61 Å². The SMILES string of the molecule is O=C(O)CCCC=CCC1C(O)CC(O)C1C=CC(O)CCCCCO. The second kappa shape index (κ2) is 13.0. The van der Waals surface area contributed by atoms with Gasteiger partial charge in [0.05, 0.1) is 18.3 Å². The van der Waals surface area contributed by atoms with Crippen LogP contribution in [0.3, 0.4) is 0 Å². The summed E-state index contributed by atoms with van der Waals surface area (Å²) in [5.41, 5.74) is 0. The second-order valence-electron chi connectivity index (χ2n) is 7.13. The van der Waals surface area contributed by atoms with E-state index in [4.69, 9.17) is 10.2 Å². The molecule has 1 rings (SSSR count). The average Bonchev–Trinajstić information content (AvgIpc) is 2.85. The van der Waals surface area contributed by atoms with Crippen LogP contribution in [0.1, 0.15) is 57.8 Å². The quantitative estimate of drug-likeness (QED) is 0.250. The lowest BCUT2D eigenvalue weighted by molar-refractivity contribution is -0.137. The number of carboxylic acid groups (broad SMARTS) is 1. The van der Waals surface area contributed by atoms with E-state index in [0.717, 1.165) is 19.3 Å². The van der Waals surface area contributed by atoms with Crippen LogP contribution in [0.5, 0.6) is 0 Å². The summed E-state index contributed by atoms with van der Waals surface area (Å²) in [4.78, 5) is 10.5. The molecule has 0 radical (unpaired) electrons. The Labute approximate surface area is 155 Å². The van der Waals surface area contributed by atoms with E-state index in [9.17, 15) is 20.1 Å². The van der Waals surface area contributed by atoms with Crippen LogP contribution in [-0.4, -0.2) is 56.4 Å². The van der Waals surface area contributed by atoms with Crippen molar-refractivity contribution in [1.82, 2.24) is 0 Å². The zero-order chi connectivity index (χ0) is 19.4. The van der Waals surface area contributed by atoms with Gasteiger partial charge in [0, 0.05) is 25.4 Å². The Morgan fingerprint density at radius 3 is 2.54 bits per heavy atom. The van der Waals surface area contributed by atoms with Crippen molar-refractivity contribution in [3.05, 3.63) is 24.3 Å². The fourth-order valence-corrected chi connectivity index (χ4v) is 3.44. The van der Waals surface area contributed by atoms with Gasteiger partial charge in [-0.05, 0) is 38.0 Å².